The third kappa shape index (κ3) is 4.13. The lowest BCUT2D eigenvalue weighted by Gasteiger charge is -2.14. The Morgan fingerprint density at radius 2 is 2.17 bits per heavy atom. The number of fused-ring (bicyclic) bond motifs is 1. The van der Waals surface area contributed by atoms with Crippen LogP contribution in [0.15, 0.2) is 33.5 Å². The van der Waals surface area contributed by atoms with Crippen LogP contribution < -0.4 is 16.4 Å². The molecule has 2 aromatic heterocycles. The molecule has 1 amide bonds. The van der Waals surface area contributed by atoms with Gasteiger partial charge in [0.15, 0.2) is 11.4 Å². The van der Waals surface area contributed by atoms with Crippen molar-refractivity contribution in [2.45, 2.75) is 51.2 Å². The first-order valence-electron chi connectivity index (χ1n) is 9.78. The minimum atomic E-state index is -0.390. The summed E-state index contributed by atoms with van der Waals surface area (Å²) >= 11 is 0. The highest BCUT2D eigenvalue weighted by molar-refractivity contribution is 5.78. The standard InChI is InChI=1S/C20H25N5O4/c1-11(2)21-19(26)28-14-6-4-12(8-14)15-10-18(24-23-15)22-13-5-7-17-16(9-13)25(3)20(27)29-17/h5,7,9-12,14H,4,6,8H2,1-3H3,(H,21,26)(H2,22,23,24)/t12-,14+/m0/s1. The van der Waals surface area contributed by atoms with Gasteiger partial charge in [-0.3, -0.25) is 9.67 Å². The first-order valence-corrected chi connectivity index (χ1v) is 9.78. The number of rotatable bonds is 5. The number of aromatic amines is 1. The van der Waals surface area contributed by atoms with Crippen LogP contribution in [0.4, 0.5) is 16.3 Å². The molecule has 0 radical (unpaired) electrons. The molecule has 0 aliphatic heterocycles. The topological polar surface area (TPSA) is 114 Å². The van der Waals surface area contributed by atoms with Crippen LogP contribution in [0.3, 0.4) is 0 Å². The number of nitrogens with one attached hydrogen (secondary N) is 3. The second kappa shape index (κ2) is 7.65. The zero-order valence-electron chi connectivity index (χ0n) is 16.7. The summed E-state index contributed by atoms with van der Waals surface area (Å²) in [4.78, 5) is 23.4. The van der Waals surface area contributed by atoms with E-state index in [0.29, 0.717) is 16.9 Å². The van der Waals surface area contributed by atoms with Gasteiger partial charge in [-0.1, -0.05) is 0 Å². The highest BCUT2D eigenvalue weighted by atomic mass is 16.6. The molecule has 0 saturated heterocycles. The van der Waals surface area contributed by atoms with Gasteiger partial charge in [0.05, 0.1) is 5.52 Å². The first-order chi connectivity index (χ1) is 13.9. The maximum absolute atomic E-state index is 11.8. The molecule has 9 nitrogen and oxygen atoms in total. The Hall–Kier alpha value is -3.23. The summed E-state index contributed by atoms with van der Waals surface area (Å²) < 4.78 is 12.1. The third-order valence-corrected chi connectivity index (χ3v) is 5.17. The predicted molar refractivity (Wildman–Crippen MR) is 108 cm³/mol. The highest BCUT2D eigenvalue weighted by Gasteiger charge is 2.30. The number of oxazole rings is 1. The van der Waals surface area contributed by atoms with Crippen molar-refractivity contribution in [3.63, 3.8) is 0 Å². The Labute approximate surface area is 167 Å². The summed E-state index contributed by atoms with van der Waals surface area (Å²) in [6.07, 6.45) is 2.11. The molecule has 1 saturated carbocycles. The van der Waals surface area contributed by atoms with E-state index in [1.54, 1.807) is 13.1 Å². The Balaban J connectivity index is 1.39. The zero-order chi connectivity index (χ0) is 20.5. The van der Waals surface area contributed by atoms with E-state index in [-0.39, 0.29) is 29.9 Å². The number of amides is 1. The van der Waals surface area contributed by atoms with Crippen molar-refractivity contribution < 1.29 is 13.9 Å². The van der Waals surface area contributed by atoms with Crippen molar-refractivity contribution in [2.75, 3.05) is 5.32 Å². The minimum Gasteiger partial charge on any atom is -0.446 e. The summed E-state index contributed by atoms with van der Waals surface area (Å²) in [6, 6.07) is 7.48. The maximum atomic E-state index is 11.8. The molecule has 0 bridgehead atoms. The first kappa shape index (κ1) is 19.1. The van der Waals surface area contributed by atoms with E-state index < -0.39 is 0 Å². The van der Waals surface area contributed by atoms with E-state index in [4.69, 9.17) is 9.15 Å². The van der Waals surface area contributed by atoms with Crippen LogP contribution in [0.5, 0.6) is 0 Å². The van der Waals surface area contributed by atoms with Crippen molar-refractivity contribution in [3.05, 3.63) is 40.5 Å². The monoisotopic (exact) mass is 399 g/mol. The van der Waals surface area contributed by atoms with Gasteiger partial charge in [-0.25, -0.2) is 9.59 Å². The van der Waals surface area contributed by atoms with Crippen LogP contribution in [0.2, 0.25) is 0 Å². The van der Waals surface area contributed by atoms with Crippen molar-refractivity contribution in [2.24, 2.45) is 7.05 Å². The Kier molecular flexibility index (Phi) is 5.04. The molecule has 1 fully saturated rings. The van der Waals surface area contributed by atoms with Crippen molar-refractivity contribution >= 4 is 28.7 Å². The molecule has 1 aliphatic rings. The predicted octanol–water partition coefficient (Wildman–Crippen LogP) is 3.37. The van der Waals surface area contributed by atoms with E-state index in [2.05, 4.69) is 20.8 Å². The summed E-state index contributed by atoms with van der Waals surface area (Å²) in [7, 11) is 1.67. The number of nitrogens with zero attached hydrogens (tertiary/aromatic N) is 2. The average Bonchev–Trinajstić information content (AvgIpc) is 3.36. The minimum absolute atomic E-state index is 0.0598. The molecule has 2 heterocycles. The average molecular weight is 399 g/mol. The van der Waals surface area contributed by atoms with Crippen molar-refractivity contribution in [1.29, 1.82) is 0 Å². The zero-order valence-corrected chi connectivity index (χ0v) is 16.7. The molecule has 9 heteroatoms. The van der Waals surface area contributed by atoms with Gasteiger partial charge in [0.25, 0.3) is 0 Å². The van der Waals surface area contributed by atoms with Gasteiger partial charge in [-0.2, -0.15) is 5.10 Å². The van der Waals surface area contributed by atoms with Gasteiger partial charge in [0.2, 0.25) is 0 Å². The summed E-state index contributed by atoms with van der Waals surface area (Å²) in [5, 5.41) is 13.4. The molecule has 1 aromatic carbocycles. The summed E-state index contributed by atoms with van der Waals surface area (Å²) in [5.41, 5.74) is 3.08. The molecule has 29 heavy (non-hydrogen) atoms. The number of carbonyl (C=O) groups is 1. The highest BCUT2D eigenvalue weighted by Crippen LogP contribution is 2.36. The second-order valence-corrected chi connectivity index (χ2v) is 7.78. The normalized spacial score (nSPS) is 19.0. The van der Waals surface area contributed by atoms with Crippen molar-refractivity contribution in [3.8, 4) is 0 Å². The van der Waals surface area contributed by atoms with Crippen LogP contribution in [0, 0.1) is 0 Å². The summed E-state index contributed by atoms with van der Waals surface area (Å²) in [5.74, 6) is 0.570. The Bertz CT molecular complexity index is 1080. The van der Waals surface area contributed by atoms with Crippen LogP contribution in [-0.4, -0.2) is 33.0 Å². The van der Waals surface area contributed by atoms with E-state index in [0.717, 1.165) is 30.6 Å². The second-order valence-electron chi connectivity index (χ2n) is 7.78. The molecule has 0 unspecified atom stereocenters. The number of carbonyl (C=O) groups excluding carboxylic acids is 1. The number of alkyl carbamates (subject to hydrolysis) is 1. The molecular weight excluding hydrogens is 374 g/mol. The fraction of sp³-hybridized carbons (Fsp3) is 0.450. The van der Waals surface area contributed by atoms with E-state index in [1.165, 1.54) is 4.57 Å². The van der Waals surface area contributed by atoms with Gasteiger partial charge < -0.3 is 19.8 Å². The SMILES string of the molecule is CC(C)NC(=O)O[C@@H]1CC[C@H](c2cc(Nc3ccc4oc(=O)n(C)c4c3)n[nH]2)C1. The van der Waals surface area contributed by atoms with E-state index >= 15 is 0 Å². The maximum Gasteiger partial charge on any atom is 0.419 e. The Morgan fingerprint density at radius 3 is 2.97 bits per heavy atom. The fourth-order valence-electron chi connectivity index (χ4n) is 3.71. The largest absolute Gasteiger partial charge is 0.446 e. The number of aromatic nitrogens is 3. The lowest BCUT2D eigenvalue weighted by Crippen LogP contribution is -2.33. The number of anilines is 2. The van der Waals surface area contributed by atoms with E-state index in [9.17, 15) is 9.59 Å². The summed E-state index contributed by atoms with van der Waals surface area (Å²) in [6.45, 7) is 3.81. The van der Waals surface area contributed by atoms with Gasteiger partial charge in [-0.05, 0) is 51.3 Å². The lowest BCUT2D eigenvalue weighted by atomic mass is 10.0. The molecule has 3 N–H and O–H groups in total. The number of ether oxygens (including phenoxy) is 1. The molecule has 4 rings (SSSR count). The van der Waals surface area contributed by atoms with Gasteiger partial charge in [0.1, 0.15) is 6.10 Å². The number of aryl methyl sites for hydroxylation is 1. The molecule has 2 atom stereocenters. The van der Waals surface area contributed by atoms with Gasteiger partial charge >= 0.3 is 11.8 Å². The number of benzene rings is 1. The lowest BCUT2D eigenvalue weighted by molar-refractivity contribution is 0.0981. The molecule has 0 spiro atoms. The number of H-pyrrole nitrogens is 1. The van der Waals surface area contributed by atoms with Crippen molar-refractivity contribution in [1.82, 2.24) is 20.1 Å². The molecule has 1 aliphatic carbocycles. The number of hydrogen-bond donors (Lipinski definition) is 3. The molecule has 3 aromatic rings. The van der Waals surface area contributed by atoms with Crippen LogP contribution in [-0.2, 0) is 11.8 Å². The fourth-order valence-corrected chi connectivity index (χ4v) is 3.71. The smallest absolute Gasteiger partial charge is 0.419 e. The third-order valence-electron chi connectivity index (χ3n) is 5.17. The molecule has 154 valence electrons. The number of hydrogen-bond acceptors (Lipinski definition) is 6. The van der Waals surface area contributed by atoms with Crippen LogP contribution in [0.25, 0.3) is 11.1 Å². The van der Waals surface area contributed by atoms with E-state index in [1.807, 2.05) is 32.0 Å². The molecular formula is C20H25N5O4. The quantitative estimate of drug-likeness (QED) is 0.606. The van der Waals surface area contributed by atoms with Crippen LogP contribution >= 0.6 is 0 Å². The Morgan fingerprint density at radius 1 is 1.34 bits per heavy atom. The van der Waals surface area contributed by atoms with Gasteiger partial charge in [-0.15, -0.1) is 0 Å². The van der Waals surface area contributed by atoms with Crippen LogP contribution in [0.1, 0.15) is 44.7 Å². The van der Waals surface area contributed by atoms with Gasteiger partial charge in [0, 0.05) is 36.5 Å².